The van der Waals surface area contributed by atoms with Gasteiger partial charge in [0.2, 0.25) is 5.91 Å². The molecule has 1 amide bonds. The highest BCUT2D eigenvalue weighted by Crippen LogP contribution is 2.21. The number of benzene rings is 1. The molecule has 0 heterocycles. The number of amides is 1. The summed E-state index contributed by atoms with van der Waals surface area (Å²) >= 11 is 3.40. The van der Waals surface area contributed by atoms with Crippen LogP contribution in [0.15, 0.2) is 28.7 Å². The lowest BCUT2D eigenvalue weighted by molar-refractivity contribution is -0.117. The van der Waals surface area contributed by atoms with E-state index in [1.165, 1.54) is 0 Å². The largest absolute Gasteiger partial charge is 0.324 e. The number of nitriles is 1. The summed E-state index contributed by atoms with van der Waals surface area (Å²) in [6.45, 7) is 5.94. The first-order chi connectivity index (χ1) is 9.52. The molecular weight excluding hydrogens is 318 g/mol. The number of halogens is 1. The molecule has 0 radical (unpaired) electrons. The van der Waals surface area contributed by atoms with E-state index in [-0.39, 0.29) is 5.91 Å². The molecule has 0 unspecified atom stereocenters. The van der Waals surface area contributed by atoms with Gasteiger partial charge in [-0.25, -0.2) is 0 Å². The maximum absolute atomic E-state index is 12.1. The second-order valence-corrected chi connectivity index (χ2v) is 5.92. The van der Waals surface area contributed by atoms with Crippen LogP contribution in [0.1, 0.15) is 20.3 Å². The number of nitrogens with one attached hydrogen (secondary N) is 1. The van der Waals surface area contributed by atoms with Crippen molar-refractivity contribution in [1.29, 1.82) is 5.26 Å². The van der Waals surface area contributed by atoms with Crippen molar-refractivity contribution in [2.75, 3.05) is 25.0 Å². The van der Waals surface area contributed by atoms with Gasteiger partial charge in [-0.15, -0.1) is 0 Å². The van der Waals surface area contributed by atoms with Gasteiger partial charge in [0.1, 0.15) is 0 Å². The number of nitrogens with zero attached hydrogens (tertiary/aromatic N) is 2. The average molecular weight is 338 g/mol. The number of rotatable bonds is 7. The van der Waals surface area contributed by atoms with E-state index in [1.54, 1.807) is 0 Å². The van der Waals surface area contributed by atoms with Crippen LogP contribution in [0.5, 0.6) is 0 Å². The van der Waals surface area contributed by atoms with Crippen LogP contribution in [0.2, 0.25) is 0 Å². The Kier molecular flexibility index (Phi) is 7.27. The Balaban J connectivity index is 2.57. The minimum absolute atomic E-state index is 0.0597. The highest BCUT2D eigenvalue weighted by molar-refractivity contribution is 9.10. The van der Waals surface area contributed by atoms with Crippen molar-refractivity contribution in [2.24, 2.45) is 5.92 Å². The van der Waals surface area contributed by atoms with Gasteiger partial charge in [0.25, 0.3) is 0 Å². The molecule has 20 heavy (non-hydrogen) atoms. The zero-order chi connectivity index (χ0) is 15.0. The van der Waals surface area contributed by atoms with Gasteiger partial charge in [0.05, 0.1) is 18.3 Å². The number of carbonyl (C=O) groups excluding carboxylic acids is 1. The maximum Gasteiger partial charge on any atom is 0.238 e. The maximum atomic E-state index is 12.1. The number of anilines is 1. The van der Waals surface area contributed by atoms with Crippen molar-refractivity contribution in [1.82, 2.24) is 4.90 Å². The molecule has 0 bridgehead atoms. The van der Waals surface area contributed by atoms with Crippen LogP contribution in [-0.4, -0.2) is 30.4 Å². The fourth-order valence-electron chi connectivity index (χ4n) is 1.91. The molecule has 0 fully saturated rings. The minimum Gasteiger partial charge on any atom is -0.324 e. The highest BCUT2D eigenvalue weighted by Gasteiger charge is 2.13. The highest BCUT2D eigenvalue weighted by atomic mass is 79.9. The molecule has 4 nitrogen and oxygen atoms in total. The average Bonchev–Trinajstić information content (AvgIpc) is 2.38. The van der Waals surface area contributed by atoms with Gasteiger partial charge in [0, 0.05) is 24.0 Å². The Labute approximate surface area is 128 Å². The van der Waals surface area contributed by atoms with Crippen molar-refractivity contribution < 1.29 is 4.79 Å². The van der Waals surface area contributed by atoms with E-state index in [0.717, 1.165) is 16.7 Å². The van der Waals surface area contributed by atoms with E-state index in [4.69, 9.17) is 5.26 Å². The predicted molar refractivity (Wildman–Crippen MR) is 84.3 cm³/mol. The van der Waals surface area contributed by atoms with Gasteiger partial charge in [-0.05, 0) is 34.0 Å². The van der Waals surface area contributed by atoms with Crippen LogP contribution >= 0.6 is 15.9 Å². The number of hydrogen-bond donors (Lipinski definition) is 1. The molecule has 0 aliphatic rings. The van der Waals surface area contributed by atoms with Gasteiger partial charge in [-0.2, -0.15) is 5.26 Å². The molecule has 1 aromatic carbocycles. The smallest absolute Gasteiger partial charge is 0.238 e. The monoisotopic (exact) mass is 337 g/mol. The number of hydrogen-bond acceptors (Lipinski definition) is 3. The summed E-state index contributed by atoms with van der Waals surface area (Å²) in [5.41, 5.74) is 0.766. The van der Waals surface area contributed by atoms with Gasteiger partial charge in [-0.3, -0.25) is 9.69 Å². The summed E-state index contributed by atoms with van der Waals surface area (Å²) in [6, 6.07) is 9.64. The third-order valence-corrected chi connectivity index (χ3v) is 3.37. The molecule has 0 aromatic heterocycles. The van der Waals surface area contributed by atoms with Crippen LogP contribution < -0.4 is 5.32 Å². The third-order valence-electron chi connectivity index (χ3n) is 2.68. The summed E-state index contributed by atoms with van der Waals surface area (Å²) in [6.07, 6.45) is 0.440. The molecule has 0 aliphatic heterocycles. The van der Waals surface area contributed by atoms with E-state index in [1.807, 2.05) is 29.2 Å². The summed E-state index contributed by atoms with van der Waals surface area (Å²) in [5, 5.41) is 11.6. The minimum atomic E-state index is -0.0597. The van der Waals surface area contributed by atoms with E-state index in [9.17, 15) is 4.79 Å². The zero-order valence-corrected chi connectivity index (χ0v) is 13.5. The Morgan fingerprint density at radius 3 is 2.75 bits per heavy atom. The predicted octanol–water partition coefficient (Wildman–Crippen LogP) is 3.26. The third kappa shape index (κ3) is 6.18. The standard InChI is InChI=1S/C15H20BrN3O/c1-12(2)10-19(9-5-8-17)11-15(20)18-14-7-4-3-6-13(14)16/h3-4,6-7,12H,5,9-11H2,1-2H3,(H,18,20). The lowest BCUT2D eigenvalue weighted by Crippen LogP contribution is -2.36. The Morgan fingerprint density at radius 2 is 2.15 bits per heavy atom. The molecule has 0 saturated carbocycles. The molecule has 1 N–H and O–H groups in total. The molecule has 5 heteroatoms. The van der Waals surface area contributed by atoms with Crippen molar-refractivity contribution >= 4 is 27.5 Å². The number of carbonyl (C=O) groups is 1. The van der Waals surface area contributed by atoms with Crippen molar-refractivity contribution in [3.05, 3.63) is 28.7 Å². The molecule has 0 aliphatic carbocycles. The van der Waals surface area contributed by atoms with E-state index in [2.05, 4.69) is 41.2 Å². The summed E-state index contributed by atoms with van der Waals surface area (Å²) < 4.78 is 0.862. The summed E-state index contributed by atoms with van der Waals surface area (Å²) in [4.78, 5) is 14.1. The van der Waals surface area contributed by atoms with Crippen LogP contribution in [0, 0.1) is 17.2 Å². The SMILES string of the molecule is CC(C)CN(CCC#N)CC(=O)Nc1ccccc1Br. The van der Waals surface area contributed by atoms with Gasteiger partial charge in [0.15, 0.2) is 0 Å². The van der Waals surface area contributed by atoms with Crippen LogP contribution in [-0.2, 0) is 4.79 Å². The topological polar surface area (TPSA) is 56.1 Å². The van der Waals surface area contributed by atoms with Crippen LogP contribution in [0.3, 0.4) is 0 Å². The van der Waals surface area contributed by atoms with Crippen LogP contribution in [0.25, 0.3) is 0 Å². The molecular formula is C15H20BrN3O. The number of para-hydroxylation sites is 1. The molecule has 1 rings (SSSR count). The first kappa shape index (κ1) is 16.7. The lowest BCUT2D eigenvalue weighted by Gasteiger charge is -2.22. The molecule has 0 atom stereocenters. The normalized spacial score (nSPS) is 10.6. The molecule has 0 spiro atoms. The van der Waals surface area contributed by atoms with Gasteiger partial charge >= 0.3 is 0 Å². The fraction of sp³-hybridized carbons (Fsp3) is 0.467. The Hall–Kier alpha value is -1.38. The lowest BCUT2D eigenvalue weighted by atomic mass is 10.2. The second kappa shape index (κ2) is 8.72. The molecule has 108 valence electrons. The zero-order valence-electron chi connectivity index (χ0n) is 11.9. The first-order valence-electron chi connectivity index (χ1n) is 6.66. The van der Waals surface area contributed by atoms with E-state index >= 15 is 0 Å². The summed E-state index contributed by atoms with van der Waals surface area (Å²) in [5.74, 6) is 0.403. The summed E-state index contributed by atoms with van der Waals surface area (Å²) in [7, 11) is 0. The molecule has 1 aromatic rings. The van der Waals surface area contributed by atoms with E-state index < -0.39 is 0 Å². The quantitative estimate of drug-likeness (QED) is 0.830. The molecule has 0 saturated heterocycles. The second-order valence-electron chi connectivity index (χ2n) is 5.07. The Morgan fingerprint density at radius 1 is 1.45 bits per heavy atom. The van der Waals surface area contributed by atoms with Crippen LogP contribution in [0.4, 0.5) is 5.69 Å². The van der Waals surface area contributed by atoms with Gasteiger partial charge < -0.3 is 5.32 Å². The fourth-order valence-corrected chi connectivity index (χ4v) is 2.30. The first-order valence-corrected chi connectivity index (χ1v) is 7.46. The Bertz CT molecular complexity index is 482. The van der Waals surface area contributed by atoms with Crippen molar-refractivity contribution in [3.63, 3.8) is 0 Å². The van der Waals surface area contributed by atoms with Crippen molar-refractivity contribution in [2.45, 2.75) is 20.3 Å². The van der Waals surface area contributed by atoms with Gasteiger partial charge in [-0.1, -0.05) is 26.0 Å². The van der Waals surface area contributed by atoms with E-state index in [0.29, 0.717) is 25.4 Å². The van der Waals surface area contributed by atoms with Crippen molar-refractivity contribution in [3.8, 4) is 6.07 Å².